The predicted molar refractivity (Wildman–Crippen MR) is 86.7 cm³/mol. The van der Waals surface area contributed by atoms with E-state index in [1.807, 2.05) is 50.2 Å². The highest BCUT2D eigenvalue weighted by Crippen LogP contribution is 2.21. The maximum absolute atomic E-state index is 12.1. The molecule has 0 bridgehead atoms. The van der Waals surface area contributed by atoms with Crippen LogP contribution in [0.1, 0.15) is 6.92 Å². The van der Waals surface area contributed by atoms with Crippen LogP contribution in [0.5, 0.6) is 0 Å². The van der Waals surface area contributed by atoms with Crippen LogP contribution in [0.15, 0.2) is 47.8 Å². The summed E-state index contributed by atoms with van der Waals surface area (Å²) in [5.41, 5.74) is 0.990. The van der Waals surface area contributed by atoms with E-state index in [1.165, 1.54) is 11.8 Å². The molecule has 110 valence electrons. The molecule has 1 atom stereocenters. The van der Waals surface area contributed by atoms with Crippen molar-refractivity contribution in [3.63, 3.8) is 0 Å². The van der Waals surface area contributed by atoms with Crippen LogP contribution >= 0.6 is 11.8 Å². The second kappa shape index (κ2) is 7.08. The van der Waals surface area contributed by atoms with Gasteiger partial charge in [0, 0.05) is 20.3 Å². The Labute approximate surface area is 128 Å². The number of thioether (sulfide) groups is 1. The van der Waals surface area contributed by atoms with Crippen LogP contribution < -0.4 is 10.2 Å². The summed E-state index contributed by atoms with van der Waals surface area (Å²) in [5.74, 6) is 0.467. The van der Waals surface area contributed by atoms with Gasteiger partial charge in [-0.1, -0.05) is 17.8 Å². The standard InChI is InChI=1S/C15H18N4OS/c1-11(21-14-6-4-5-9-16-14)15(20)18-13-8-7-12(10-17-13)19(2)3/h4-11H,1-3H3,(H,17,18,20). The monoisotopic (exact) mass is 302 g/mol. The van der Waals surface area contributed by atoms with Crippen LogP contribution in [0.25, 0.3) is 0 Å². The largest absolute Gasteiger partial charge is 0.376 e. The van der Waals surface area contributed by atoms with Gasteiger partial charge < -0.3 is 10.2 Å². The van der Waals surface area contributed by atoms with Gasteiger partial charge in [-0.15, -0.1) is 0 Å². The van der Waals surface area contributed by atoms with E-state index in [0.29, 0.717) is 5.82 Å². The molecular weight excluding hydrogens is 284 g/mol. The lowest BCUT2D eigenvalue weighted by molar-refractivity contribution is -0.115. The molecule has 2 aromatic rings. The van der Waals surface area contributed by atoms with Gasteiger partial charge in [0.05, 0.1) is 22.2 Å². The average Bonchev–Trinajstić information content (AvgIpc) is 2.48. The number of anilines is 2. The molecule has 0 aromatic carbocycles. The van der Waals surface area contributed by atoms with Crippen LogP contribution in [0, 0.1) is 0 Å². The normalized spacial score (nSPS) is 11.8. The first-order valence-corrected chi connectivity index (χ1v) is 7.46. The molecule has 0 saturated heterocycles. The van der Waals surface area contributed by atoms with Crippen molar-refractivity contribution in [2.45, 2.75) is 17.2 Å². The van der Waals surface area contributed by atoms with Gasteiger partial charge >= 0.3 is 0 Å². The second-order valence-electron chi connectivity index (χ2n) is 4.71. The van der Waals surface area contributed by atoms with Crippen molar-refractivity contribution in [3.8, 4) is 0 Å². The third kappa shape index (κ3) is 4.46. The van der Waals surface area contributed by atoms with Gasteiger partial charge in [0.1, 0.15) is 5.82 Å². The van der Waals surface area contributed by atoms with Gasteiger partial charge in [-0.3, -0.25) is 4.79 Å². The lowest BCUT2D eigenvalue weighted by Crippen LogP contribution is -2.23. The molecule has 0 spiro atoms. The fourth-order valence-electron chi connectivity index (χ4n) is 1.60. The molecule has 0 fully saturated rings. The molecule has 0 aliphatic heterocycles. The number of carbonyl (C=O) groups is 1. The zero-order valence-corrected chi connectivity index (χ0v) is 13.1. The molecule has 1 unspecified atom stereocenters. The zero-order chi connectivity index (χ0) is 15.2. The van der Waals surface area contributed by atoms with Crippen molar-refractivity contribution in [3.05, 3.63) is 42.7 Å². The Morgan fingerprint density at radius 1 is 1.24 bits per heavy atom. The van der Waals surface area contributed by atoms with Gasteiger partial charge in [-0.2, -0.15) is 0 Å². The summed E-state index contributed by atoms with van der Waals surface area (Å²) in [5, 5.41) is 3.40. The van der Waals surface area contributed by atoms with Crippen molar-refractivity contribution in [2.75, 3.05) is 24.3 Å². The van der Waals surface area contributed by atoms with Crippen LogP contribution in [0.4, 0.5) is 11.5 Å². The van der Waals surface area contributed by atoms with E-state index in [9.17, 15) is 4.79 Å². The van der Waals surface area contributed by atoms with E-state index in [0.717, 1.165) is 10.7 Å². The number of aromatic nitrogens is 2. The van der Waals surface area contributed by atoms with E-state index >= 15 is 0 Å². The number of amides is 1. The SMILES string of the molecule is CC(Sc1ccccn1)C(=O)Nc1ccc(N(C)C)cn1. The van der Waals surface area contributed by atoms with E-state index in [4.69, 9.17) is 0 Å². The molecule has 0 aliphatic carbocycles. The Hall–Kier alpha value is -2.08. The van der Waals surface area contributed by atoms with Gasteiger partial charge in [-0.05, 0) is 31.2 Å². The molecule has 0 radical (unpaired) electrons. The van der Waals surface area contributed by atoms with Crippen LogP contribution in [0.3, 0.4) is 0 Å². The fraction of sp³-hybridized carbons (Fsp3) is 0.267. The average molecular weight is 302 g/mol. The van der Waals surface area contributed by atoms with E-state index in [-0.39, 0.29) is 11.2 Å². The minimum absolute atomic E-state index is 0.0873. The van der Waals surface area contributed by atoms with Gasteiger partial charge in [0.2, 0.25) is 5.91 Å². The first kappa shape index (κ1) is 15.3. The molecule has 1 amide bonds. The lowest BCUT2D eigenvalue weighted by atomic mass is 10.3. The molecule has 2 rings (SSSR count). The van der Waals surface area contributed by atoms with E-state index in [1.54, 1.807) is 18.5 Å². The molecule has 6 heteroatoms. The highest BCUT2D eigenvalue weighted by atomic mass is 32.2. The lowest BCUT2D eigenvalue weighted by Gasteiger charge is -2.13. The van der Waals surface area contributed by atoms with Crippen molar-refractivity contribution in [1.29, 1.82) is 0 Å². The van der Waals surface area contributed by atoms with E-state index in [2.05, 4.69) is 15.3 Å². The topological polar surface area (TPSA) is 58.1 Å². The number of rotatable bonds is 5. The molecule has 0 aliphatic rings. The molecule has 2 aromatic heterocycles. The highest BCUT2D eigenvalue weighted by Gasteiger charge is 2.15. The number of nitrogens with one attached hydrogen (secondary N) is 1. The molecule has 5 nitrogen and oxygen atoms in total. The first-order chi connectivity index (χ1) is 10.1. The summed E-state index contributed by atoms with van der Waals surface area (Å²) < 4.78 is 0. The summed E-state index contributed by atoms with van der Waals surface area (Å²) in [4.78, 5) is 22.5. The number of pyridine rings is 2. The maximum atomic E-state index is 12.1. The third-order valence-electron chi connectivity index (χ3n) is 2.82. The molecular formula is C15H18N4OS. The highest BCUT2D eigenvalue weighted by molar-refractivity contribution is 8.00. The van der Waals surface area contributed by atoms with Crippen molar-refractivity contribution >= 4 is 29.2 Å². The van der Waals surface area contributed by atoms with Gasteiger partial charge in [0.25, 0.3) is 0 Å². The molecule has 2 heterocycles. The molecule has 1 N–H and O–H groups in total. The number of nitrogens with zero attached hydrogens (tertiary/aromatic N) is 3. The smallest absolute Gasteiger partial charge is 0.238 e. The fourth-order valence-corrected chi connectivity index (χ4v) is 2.41. The maximum Gasteiger partial charge on any atom is 0.238 e. The second-order valence-corrected chi connectivity index (χ2v) is 6.07. The number of carbonyl (C=O) groups excluding carboxylic acids is 1. The van der Waals surface area contributed by atoms with Crippen LogP contribution in [0.2, 0.25) is 0 Å². The quantitative estimate of drug-likeness (QED) is 0.861. The van der Waals surface area contributed by atoms with Crippen molar-refractivity contribution in [2.24, 2.45) is 0 Å². The zero-order valence-electron chi connectivity index (χ0n) is 12.3. The minimum Gasteiger partial charge on any atom is -0.376 e. The van der Waals surface area contributed by atoms with E-state index < -0.39 is 0 Å². The Bertz CT molecular complexity index is 586. The first-order valence-electron chi connectivity index (χ1n) is 6.58. The van der Waals surface area contributed by atoms with Crippen molar-refractivity contribution in [1.82, 2.24) is 9.97 Å². The third-order valence-corrected chi connectivity index (χ3v) is 3.87. The summed E-state index contributed by atoms with van der Waals surface area (Å²) in [6.07, 6.45) is 3.45. The van der Waals surface area contributed by atoms with Crippen molar-refractivity contribution < 1.29 is 4.79 Å². The van der Waals surface area contributed by atoms with Crippen LogP contribution in [-0.2, 0) is 4.79 Å². The molecule has 0 saturated carbocycles. The van der Waals surface area contributed by atoms with Gasteiger partial charge in [-0.25, -0.2) is 9.97 Å². The molecule has 21 heavy (non-hydrogen) atoms. The Morgan fingerprint density at radius 3 is 2.62 bits per heavy atom. The summed E-state index contributed by atoms with van der Waals surface area (Å²) in [6.45, 7) is 1.85. The Kier molecular flexibility index (Phi) is 5.16. The predicted octanol–water partition coefficient (Wildman–Crippen LogP) is 2.66. The summed E-state index contributed by atoms with van der Waals surface area (Å²) >= 11 is 1.42. The summed E-state index contributed by atoms with van der Waals surface area (Å²) in [6, 6.07) is 9.36. The number of hydrogen-bond donors (Lipinski definition) is 1. The Balaban J connectivity index is 1.94. The van der Waals surface area contributed by atoms with Crippen LogP contribution in [-0.4, -0.2) is 35.2 Å². The number of hydrogen-bond acceptors (Lipinski definition) is 5. The van der Waals surface area contributed by atoms with Gasteiger partial charge in [0.15, 0.2) is 0 Å². The minimum atomic E-state index is -0.241. The summed E-state index contributed by atoms with van der Waals surface area (Å²) in [7, 11) is 3.89. The Morgan fingerprint density at radius 2 is 2.05 bits per heavy atom.